The normalized spacial score (nSPS) is 22.5. The van der Waals surface area contributed by atoms with E-state index in [-0.39, 0.29) is 5.56 Å². The van der Waals surface area contributed by atoms with Crippen LogP contribution in [-0.4, -0.2) is 33.6 Å². The first-order chi connectivity index (χ1) is 10.2. The summed E-state index contributed by atoms with van der Waals surface area (Å²) >= 11 is 0. The molecule has 1 aliphatic carbocycles. The topological polar surface area (TPSA) is 38.1 Å². The molecule has 4 heteroatoms. The molecule has 0 bridgehead atoms. The molecule has 0 aromatic carbocycles. The van der Waals surface area contributed by atoms with Gasteiger partial charge in [0.1, 0.15) is 0 Å². The zero-order valence-electron chi connectivity index (χ0n) is 13.1. The van der Waals surface area contributed by atoms with Gasteiger partial charge in [-0.05, 0) is 51.6 Å². The highest BCUT2D eigenvalue weighted by molar-refractivity contribution is 5.00. The number of aryl methyl sites for hydroxylation is 1. The number of rotatable bonds is 3. The summed E-state index contributed by atoms with van der Waals surface area (Å²) in [6.45, 7) is 5.11. The SMILES string of the molecule is Cc1cncn(CC2CCN(C3CCCCC3)CC2)c1=O. The first-order valence-electron chi connectivity index (χ1n) is 8.49. The van der Waals surface area contributed by atoms with Gasteiger partial charge in [0.25, 0.3) is 5.56 Å². The predicted octanol–water partition coefficient (Wildman–Crippen LogP) is 2.60. The van der Waals surface area contributed by atoms with Gasteiger partial charge < -0.3 is 4.90 Å². The van der Waals surface area contributed by atoms with Gasteiger partial charge in [0.05, 0.1) is 6.33 Å². The van der Waals surface area contributed by atoms with Crippen LogP contribution in [0.1, 0.15) is 50.5 Å². The summed E-state index contributed by atoms with van der Waals surface area (Å²) in [6, 6.07) is 0.836. The number of hydrogen-bond donors (Lipinski definition) is 0. The molecule has 1 saturated carbocycles. The van der Waals surface area contributed by atoms with E-state index in [1.54, 1.807) is 17.1 Å². The highest BCUT2D eigenvalue weighted by atomic mass is 16.1. The monoisotopic (exact) mass is 289 g/mol. The van der Waals surface area contributed by atoms with Gasteiger partial charge in [-0.2, -0.15) is 0 Å². The summed E-state index contributed by atoms with van der Waals surface area (Å²) in [5.41, 5.74) is 0.872. The average molecular weight is 289 g/mol. The molecular formula is C17H27N3O. The molecule has 2 fully saturated rings. The Kier molecular flexibility index (Phi) is 4.73. The number of hydrogen-bond acceptors (Lipinski definition) is 3. The van der Waals surface area contributed by atoms with Crippen LogP contribution in [-0.2, 0) is 6.54 Å². The van der Waals surface area contributed by atoms with Crippen LogP contribution in [0.15, 0.2) is 17.3 Å². The third-order valence-corrected chi connectivity index (χ3v) is 5.27. The molecule has 1 aromatic heterocycles. The largest absolute Gasteiger partial charge is 0.300 e. The summed E-state index contributed by atoms with van der Waals surface area (Å²) in [7, 11) is 0. The van der Waals surface area contributed by atoms with Crippen LogP contribution in [0.3, 0.4) is 0 Å². The summed E-state index contributed by atoms with van der Waals surface area (Å²) in [4.78, 5) is 18.9. The Morgan fingerprint density at radius 1 is 1.14 bits per heavy atom. The van der Waals surface area contributed by atoms with Crippen molar-refractivity contribution in [3.05, 3.63) is 28.4 Å². The third kappa shape index (κ3) is 3.54. The fourth-order valence-corrected chi connectivity index (χ4v) is 3.91. The van der Waals surface area contributed by atoms with E-state index in [9.17, 15) is 4.79 Å². The fourth-order valence-electron chi connectivity index (χ4n) is 3.91. The maximum absolute atomic E-state index is 12.1. The quantitative estimate of drug-likeness (QED) is 0.858. The Morgan fingerprint density at radius 2 is 1.86 bits per heavy atom. The smallest absolute Gasteiger partial charge is 0.256 e. The van der Waals surface area contributed by atoms with E-state index in [1.165, 1.54) is 58.0 Å². The lowest BCUT2D eigenvalue weighted by Gasteiger charge is -2.39. The summed E-state index contributed by atoms with van der Waals surface area (Å²) in [5, 5.41) is 0. The van der Waals surface area contributed by atoms with Crippen molar-refractivity contribution in [3.8, 4) is 0 Å². The molecule has 0 radical (unpaired) electrons. The van der Waals surface area contributed by atoms with Gasteiger partial charge >= 0.3 is 0 Å². The van der Waals surface area contributed by atoms with Crippen molar-refractivity contribution >= 4 is 0 Å². The first-order valence-corrected chi connectivity index (χ1v) is 8.49. The standard InChI is InChI=1S/C17H27N3O/c1-14-11-18-13-20(17(14)21)12-15-7-9-19(10-8-15)16-5-3-2-4-6-16/h11,13,15-16H,2-10,12H2,1H3. The van der Waals surface area contributed by atoms with E-state index < -0.39 is 0 Å². The molecular weight excluding hydrogens is 262 g/mol. The van der Waals surface area contributed by atoms with Crippen LogP contribution in [0, 0.1) is 12.8 Å². The van der Waals surface area contributed by atoms with Crippen LogP contribution >= 0.6 is 0 Å². The highest BCUT2D eigenvalue weighted by Gasteiger charge is 2.26. The van der Waals surface area contributed by atoms with E-state index in [1.807, 2.05) is 6.92 Å². The van der Waals surface area contributed by atoms with Crippen molar-refractivity contribution in [2.75, 3.05) is 13.1 Å². The lowest BCUT2D eigenvalue weighted by molar-refractivity contribution is 0.101. The minimum atomic E-state index is 0.125. The van der Waals surface area contributed by atoms with Crippen molar-refractivity contribution in [2.24, 2.45) is 5.92 Å². The Hall–Kier alpha value is -1.16. The second kappa shape index (κ2) is 6.73. The van der Waals surface area contributed by atoms with E-state index in [4.69, 9.17) is 0 Å². The number of piperidine rings is 1. The Morgan fingerprint density at radius 3 is 2.57 bits per heavy atom. The molecule has 0 amide bonds. The molecule has 0 N–H and O–H groups in total. The second-order valence-corrected chi connectivity index (χ2v) is 6.81. The van der Waals surface area contributed by atoms with Crippen molar-refractivity contribution in [2.45, 2.75) is 64.5 Å². The van der Waals surface area contributed by atoms with E-state index in [0.717, 1.165) is 18.2 Å². The van der Waals surface area contributed by atoms with Gasteiger partial charge in [-0.1, -0.05) is 19.3 Å². The second-order valence-electron chi connectivity index (χ2n) is 6.81. The predicted molar refractivity (Wildman–Crippen MR) is 84.4 cm³/mol. The van der Waals surface area contributed by atoms with Gasteiger partial charge in [-0.15, -0.1) is 0 Å². The van der Waals surface area contributed by atoms with Gasteiger partial charge in [0, 0.05) is 24.3 Å². The lowest BCUT2D eigenvalue weighted by Crippen LogP contribution is -2.43. The molecule has 1 aliphatic heterocycles. The van der Waals surface area contributed by atoms with Gasteiger partial charge in [0.2, 0.25) is 0 Å². The Balaban J connectivity index is 1.53. The van der Waals surface area contributed by atoms with Crippen LogP contribution in [0.4, 0.5) is 0 Å². The van der Waals surface area contributed by atoms with Crippen LogP contribution in [0.5, 0.6) is 0 Å². The van der Waals surface area contributed by atoms with Gasteiger partial charge in [-0.3, -0.25) is 9.36 Å². The van der Waals surface area contributed by atoms with Crippen molar-refractivity contribution in [3.63, 3.8) is 0 Å². The number of likely N-dealkylation sites (tertiary alicyclic amines) is 1. The molecule has 0 spiro atoms. The molecule has 21 heavy (non-hydrogen) atoms. The number of nitrogens with zero attached hydrogens (tertiary/aromatic N) is 3. The Labute approximate surface area is 127 Å². The van der Waals surface area contributed by atoms with Crippen molar-refractivity contribution < 1.29 is 0 Å². The summed E-state index contributed by atoms with van der Waals surface area (Å²) in [5.74, 6) is 0.631. The molecule has 2 aliphatic rings. The minimum Gasteiger partial charge on any atom is -0.300 e. The minimum absolute atomic E-state index is 0.125. The van der Waals surface area contributed by atoms with Crippen LogP contribution < -0.4 is 5.56 Å². The number of aromatic nitrogens is 2. The molecule has 4 nitrogen and oxygen atoms in total. The molecule has 2 heterocycles. The zero-order valence-corrected chi connectivity index (χ0v) is 13.1. The molecule has 0 unspecified atom stereocenters. The molecule has 3 rings (SSSR count). The van der Waals surface area contributed by atoms with E-state index in [2.05, 4.69) is 9.88 Å². The maximum atomic E-state index is 12.1. The molecule has 1 aromatic rings. The highest BCUT2D eigenvalue weighted by Crippen LogP contribution is 2.27. The van der Waals surface area contributed by atoms with Crippen LogP contribution in [0.25, 0.3) is 0 Å². The van der Waals surface area contributed by atoms with E-state index in [0.29, 0.717) is 5.92 Å². The van der Waals surface area contributed by atoms with Gasteiger partial charge in [0.15, 0.2) is 0 Å². The van der Waals surface area contributed by atoms with Crippen molar-refractivity contribution in [1.29, 1.82) is 0 Å². The van der Waals surface area contributed by atoms with Crippen molar-refractivity contribution in [1.82, 2.24) is 14.5 Å². The first kappa shape index (κ1) is 14.8. The summed E-state index contributed by atoms with van der Waals surface area (Å²) in [6.07, 6.45) is 12.8. The fraction of sp³-hybridized carbons (Fsp3) is 0.765. The molecule has 0 atom stereocenters. The third-order valence-electron chi connectivity index (χ3n) is 5.27. The molecule has 116 valence electrons. The maximum Gasteiger partial charge on any atom is 0.256 e. The van der Waals surface area contributed by atoms with Gasteiger partial charge in [-0.25, -0.2) is 4.98 Å². The molecule has 1 saturated heterocycles. The van der Waals surface area contributed by atoms with E-state index >= 15 is 0 Å². The lowest BCUT2D eigenvalue weighted by atomic mass is 9.90. The summed E-state index contributed by atoms with van der Waals surface area (Å²) < 4.78 is 1.80. The zero-order chi connectivity index (χ0) is 14.7. The average Bonchev–Trinajstić information content (AvgIpc) is 2.53. The van der Waals surface area contributed by atoms with Crippen LogP contribution in [0.2, 0.25) is 0 Å². The Bertz CT molecular complexity index is 511.